The number of rotatable bonds is 1. The van der Waals surface area contributed by atoms with Crippen LogP contribution in [0.5, 0.6) is 0 Å². The van der Waals surface area contributed by atoms with Crippen LogP contribution in [0.4, 0.5) is 0 Å². The molecule has 0 aliphatic heterocycles. The highest BCUT2D eigenvalue weighted by atomic mass is 32.1. The van der Waals surface area contributed by atoms with Crippen molar-refractivity contribution in [2.45, 2.75) is 0 Å². The molecule has 30 heavy (non-hydrogen) atoms. The van der Waals surface area contributed by atoms with Gasteiger partial charge in [-0.05, 0) is 40.1 Å². The van der Waals surface area contributed by atoms with Crippen LogP contribution in [0.15, 0.2) is 97.1 Å². The largest absolute Gasteiger partial charge is 0.354 e. The molecule has 5 aromatic carbocycles. The fourth-order valence-electron chi connectivity index (χ4n) is 4.82. The molecule has 0 spiro atoms. The second-order valence-corrected chi connectivity index (χ2v) is 8.93. The number of nitrogens with one attached hydrogen (secondary N) is 1. The lowest BCUT2D eigenvalue weighted by atomic mass is 10.00. The summed E-state index contributed by atoms with van der Waals surface area (Å²) in [6.07, 6.45) is 0. The van der Waals surface area contributed by atoms with Gasteiger partial charge in [-0.3, -0.25) is 0 Å². The van der Waals surface area contributed by atoms with Gasteiger partial charge in [-0.15, -0.1) is 11.3 Å². The second-order valence-electron chi connectivity index (χ2n) is 7.88. The molecule has 0 unspecified atom stereocenters. The van der Waals surface area contributed by atoms with E-state index in [2.05, 4.69) is 102 Å². The zero-order valence-electron chi connectivity index (χ0n) is 16.1. The van der Waals surface area contributed by atoms with Crippen molar-refractivity contribution in [1.29, 1.82) is 0 Å². The fraction of sp³-hybridized carbons (Fsp3) is 0. The summed E-state index contributed by atoms with van der Waals surface area (Å²) < 4.78 is 2.71. The molecule has 0 amide bonds. The third kappa shape index (κ3) is 2.17. The van der Waals surface area contributed by atoms with Crippen molar-refractivity contribution in [2.75, 3.05) is 0 Å². The molecular formula is C28H17NS. The van der Waals surface area contributed by atoms with Gasteiger partial charge in [0.15, 0.2) is 0 Å². The van der Waals surface area contributed by atoms with Crippen molar-refractivity contribution in [3.8, 4) is 11.1 Å². The number of thiophene rings is 1. The third-order valence-corrected chi connectivity index (χ3v) is 7.42. The Hall–Kier alpha value is -3.62. The molecule has 1 N–H and O–H groups in total. The number of H-pyrrole nitrogens is 1. The Kier molecular flexibility index (Phi) is 3.21. The van der Waals surface area contributed by atoms with Gasteiger partial charge in [0.1, 0.15) is 0 Å². The molecular weight excluding hydrogens is 382 g/mol. The zero-order valence-corrected chi connectivity index (χ0v) is 17.0. The smallest absolute Gasteiger partial charge is 0.0471 e. The molecule has 0 saturated heterocycles. The summed E-state index contributed by atoms with van der Waals surface area (Å²) in [5.74, 6) is 0. The van der Waals surface area contributed by atoms with E-state index < -0.39 is 0 Å². The van der Waals surface area contributed by atoms with Gasteiger partial charge in [-0.25, -0.2) is 0 Å². The van der Waals surface area contributed by atoms with Crippen molar-refractivity contribution < 1.29 is 0 Å². The van der Waals surface area contributed by atoms with Crippen LogP contribution in [0.3, 0.4) is 0 Å². The minimum absolute atomic E-state index is 1.19. The Morgan fingerprint density at radius 2 is 1.40 bits per heavy atom. The molecule has 0 aliphatic carbocycles. The lowest BCUT2D eigenvalue weighted by molar-refractivity contribution is 1.55. The van der Waals surface area contributed by atoms with E-state index in [1.807, 2.05) is 11.3 Å². The van der Waals surface area contributed by atoms with Gasteiger partial charge in [-0.1, -0.05) is 78.9 Å². The van der Waals surface area contributed by atoms with Gasteiger partial charge < -0.3 is 4.98 Å². The van der Waals surface area contributed by atoms with E-state index in [0.717, 1.165) is 0 Å². The van der Waals surface area contributed by atoms with Crippen molar-refractivity contribution in [1.82, 2.24) is 4.98 Å². The molecule has 2 heteroatoms. The maximum atomic E-state index is 3.66. The van der Waals surface area contributed by atoms with Gasteiger partial charge >= 0.3 is 0 Å². The molecule has 140 valence electrons. The maximum Gasteiger partial charge on any atom is 0.0471 e. The molecule has 7 aromatic rings. The summed E-state index contributed by atoms with van der Waals surface area (Å²) in [6, 6.07) is 35.3. The summed E-state index contributed by atoms with van der Waals surface area (Å²) in [4.78, 5) is 3.66. The highest BCUT2D eigenvalue weighted by molar-refractivity contribution is 7.26. The minimum Gasteiger partial charge on any atom is -0.354 e. The van der Waals surface area contributed by atoms with E-state index in [4.69, 9.17) is 0 Å². The first kappa shape index (κ1) is 16.2. The maximum absolute atomic E-state index is 3.66. The van der Waals surface area contributed by atoms with Gasteiger partial charge in [0.05, 0.1) is 0 Å². The Bertz CT molecular complexity index is 1750. The van der Waals surface area contributed by atoms with Crippen molar-refractivity contribution in [3.05, 3.63) is 97.1 Å². The van der Waals surface area contributed by atoms with E-state index in [0.29, 0.717) is 0 Å². The average Bonchev–Trinajstić information content (AvgIpc) is 3.37. The molecule has 0 aliphatic rings. The number of hydrogen-bond acceptors (Lipinski definition) is 1. The number of aromatic amines is 1. The Balaban J connectivity index is 1.52. The normalized spacial score (nSPS) is 12.0. The molecule has 0 saturated carbocycles. The van der Waals surface area contributed by atoms with E-state index in [1.54, 1.807) is 0 Å². The van der Waals surface area contributed by atoms with Crippen LogP contribution in [0.2, 0.25) is 0 Å². The SMILES string of the molecule is c1ccc2c(c1)ccc1[nH]c3cc(-c4cccc5c4sc4ccccc45)ccc3c12. The Morgan fingerprint density at radius 3 is 2.37 bits per heavy atom. The van der Waals surface area contributed by atoms with Crippen LogP contribution in [0.1, 0.15) is 0 Å². The number of hydrogen-bond donors (Lipinski definition) is 1. The summed E-state index contributed by atoms with van der Waals surface area (Å²) in [6.45, 7) is 0. The molecule has 1 nitrogen and oxygen atoms in total. The van der Waals surface area contributed by atoms with Crippen LogP contribution in [0, 0.1) is 0 Å². The first-order chi connectivity index (χ1) is 14.9. The number of aromatic nitrogens is 1. The lowest BCUT2D eigenvalue weighted by Gasteiger charge is -2.04. The first-order valence-corrected chi connectivity index (χ1v) is 11.0. The summed E-state index contributed by atoms with van der Waals surface area (Å²) in [5, 5.41) is 7.88. The third-order valence-electron chi connectivity index (χ3n) is 6.20. The zero-order chi connectivity index (χ0) is 19.7. The lowest BCUT2D eigenvalue weighted by Crippen LogP contribution is -1.79. The average molecular weight is 400 g/mol. The van der Waals surface area contributed by atoms with E-state index in [1.165, 1.54) is 63.9 Å². The Morgan fingerprint density at radius 1 is 0.567 bits per heavy atom. The van der Waals surface area contributed by atoms with Gasteiger partial charge in [0.25, 0.3) is 0 Å². The summed E-state index contributed by atoms with van der Waals surface area (Å²) in [7, 11) is 0. The topological polar surface area (TPSA) is 15.8 Å². The number of fused-ring (bicyclic) bond motifs is 8. The molecule has 0 atom stereocenters. The van der Waals surface area contributed by atoms with Crippen LogP contribution in [-0.4, -0.2) is 4.98 Å². The van der Waals surface area contributed by atoms with Gasteiger partial charge in [0, 0.05) is 42.0 Å². The van der Waals surface area contributed by atoms with E-state index >= 15 is 0 Å². The van der Waals surface area contributed by atoms with Crippen LogP contribution in [-0.2, 0) is 0 Å². The van der Waals surface area contributed by atoms with E-state index in [9.17, 15) is 0 Å². The van der Waals surface area contributed by atoms with Crippen molar-refractivity contribution >= 4 is 64.1 Å². The molecule has 0 fully saturated rings. The van der Waals surface area contributed by atoms with Crippen molar-refractivity contribution in [2.24, 2.45) is 0 Å². The van der Waals surface area contributed by atoms with Crippen molar-refractivity contribution in [3.63, 3.8) is 0 Å². The first-order valence-electron chi connectivity index (χ1n) is 10.2. The fourth-order valence-corrected chi connectivity index (χ4v) is 6.06. The number of benzene rings is 5. The van der Waals surface area contributed by atoms with Gasteiger partial charge in [-0.2, -0.15) is 0 Å². The highest BCUT2D eigenvalue weighted by Crippen LogP contribution is 2.41. The second kappa shape index (κ2) is 5.94. The highest BCUT2D eigenvalue weighted by Gasteiger charge is 2.12. The molecule has 7 rings (SSSR count). The van der Waals surface area contributed by atoms with Crippen LogP contribution >= 0.6 is 11.3 Å². The van der Waals surface area contributed by atoms with E-state index in [-0.39, 0.29) is 0 Å². The minimum atomic E-state index is 1.19. The molecule has 2 heterocycles. The molecule has 0 radical (unpaired) electrons. The van der Waals surface area contributed by atoms with Crippen LogP contribution < -0.4 is 0 Å². The van der Waals surface area contributed by atoms with Crippen LogP contribution in [0.25, 0.3) is 63.9 Å². The predicted molar refractivity (Wildman–Crippen MR) is 132 cm³/mol. The molecule has 2 aromatic heterocycles. The standard InChI is InChI=1S/C28H17NS/c1-2-7-19-17(6-1)13-15-24-27(19)23-14-12-18(16-25(23)29-24)20-9-5-10-22-21-8-3-4-11-26(21)30-28(20)22/h1-16,29H. The quantitative estimate of drug-likeness (QED) is 0.285. The summed E-state index contributed by atoms with van der Waals surface area (Å²) >= 11 is 1.89. The predicted octanol–water partition coefficient (Wildman–Crippen LogP) is 8.51. The Labute approximate surface area is 177 Å². The monoisotopic (exact) mass is 399 g/mol. The summed E-state index contributed by atoms with van der Waals surface area (Å²) in [5.41, 5.74) is 4.95. The van der Waals surface area contributed by atoms with Gasteiger partial charge in [0.2, 0.25) is 0 Å². The molecule has 0 bridgehead atoms.